The van der Waals surface area contributed by atoms with Crippen molar-refractivity contribution >= 4 is 44.3 Å². The van der Waals surface area contributed by atoms with Gasteiger partial charge in [0.05, 0.1) is 6.54 Å². The number of benzene rings is 1. The highest BCUT2D eigenvalue weighted by Crippen LogP contribution is 2.34. The lowest BCUT2D eigenvalue weighted by molar-refractivity contribution is 0.294. The first-order chi connectivity index (χ1) is 11.6. The van der Waals surface area contributed by atoms with Crippen molar-refractivity contribution in [3.63, 3.8) is 0 Å². The maximum absolute atomic E-state index is 12.7. The first-order valence-corrected chi connectivity index (χ1v) is 11.1. The molecule has 1 aliphatic rings. The average Bonchev–Trinajstić information content (AvgIpc) is 2.71. The van der Waals surface area contributed by atoms with Crippen molar-refractivity contribution in [3.05, 3.63) is 35.9 Å². The zero-order valence-electron chi connectivity index (χ0n) is 15.2. The van der Waals surface area contributed by atoms with Crippen LogP contribution in [0.2, 0.25) is 0 Å². The van der Waals surface area contributed by atoms with E-state index in [-0.39, 0.29) is 18.6 Å². The van der Waals surface area contributed by atoms with Crippen molar-refractivity contribution < 1.29 is 8.42 Å². The molecule has 0 aromatic heterocycles. The fourth-order valence-corrected chi connectivity index (χ4v) is 6.35. The first kappa shape index (κ1) is 20.2. The summed E-state index contributed by atoms with van der Waals surface area (Å²) in [6, 6.07) is 9.91. The number of sulfonamides is 1. The molecule has 1 saturated heterocycles. The van der Waals surface area contributed by atoms with E-state index >= 15 is 0 Å². The van der Waals surface area contributed by atoms with Gasteiger partial charge in [0.15, 0.2) is 10.3 Å². The minimum absolute atomic E-state index is 0.194. The van der Waals surface area contributed by atoms with E-state index in [1.165, 1.54) is 16.1 Å². The van der Waals surface area contributed by atoms with Crippen LogP contribution >= 0.6 is 24.0 Å². The standard InChI is InChI=1S/C17H25N3O2S3/c1-12(2)20(13(3)4)16(23)18-17-19(25(21,22)14(5)24-17)11-15-9-7-6-8-10-15/h6-10,12-14H,11H2,1-5H3. The van der Waals surface area contributed by atoms with Crippen LogP contribution in [0, 0.1) is 0 Å². The zero-order valence-corrected chi connectivity index (χ0v) is 17.7. The lowest BCUT2D eigenvalue weighted by atomic mass is 10.2. The van der Waals surface area contributed by atoms with Gasteiger partial charge in [-0.05, 0) is 52.4 Å². The summed E-state index contributed by atoms with van der Waals surface area (Å²) in [4.78, 5) is 6.54. The molecular weight excluding hydrogens is 374 g/mol. The van der Waals surface area contributed by atoms with Gasteiger partial charge in [0.2, 0.25) is 10.0 Å². The predicted octanol–water partition coefficient (Wildman–Crippen LogP) is 3.67. The van der Waals surface area contributed by atoms with Gasteiger partial charge in [-0.1, -0.05) is 42.1 Å². The van der Waals surface area contributed by atoms with Crippen LogP contribution in [0.3, 0.4) is 0 Å². The Morgan fingerprint density at radius 2 is 1.80 bits per heavy atom. The SMILES string of the molecule is CC(C)N(C(=S)N=C1SC(C)S(=O)(=O)N1Cc1ccccc1)C(C)C. The van der Waals surface area contributed by atoms with Gasteiger partial charge in [0.25, 0.3) is 0 Å². The molecule has 8 heteroatoms. The average molecular weight is 400 g/mol. The van der Waals surface area contributed by atoms with E-state index in [1.807, 2.05) is 35.2 Å². The molecule has 0 spiro atoms. The highest BCUT2D eigenvalue weighted by atomic mass is 32.3. The van der Waals surface area contributed by atoms with Gasteiger partial charge >= 0.3 is 0 Å². The van der Waals surface area contributed by atoms with E-state index in [1.54, 1.807) is 6.92 Å². The summed E-state index contributed by atoms with van der Waals surface area (Å²) in [6.07, 6.45) is 0. The lowest BCUT2D eigenvalue weighted by Crippen LogP contribution is -2.41. The van der Waals surface area contributed by atoms with Crippen molar-refractivity contribution in [3.8, 4) is 0 Å². The number of hydrogen-bond acceptors (Lipinski definition) is 4. The van der Waals surface area contributed by atoms with Crippen LogP contribution < -0.4 is 0 Å². The summed E-state index contributed by atoms with van der Waals surface area (Å²) in [5.41, 5.74) is 0.920. The summed E-state index contributed by atoms with van der Waals surface area (Å²) in [6.45, 7) is 10.2. The van der Waals surface area contributed by atoms with Crippen molar-refractivity contribution in [1.29, 1.82) is 0 Å². The third-order valence-electron chi connectivity index (χ3n) is 3.91. The van der Waals surface area contributed by atoms with E-state index in [0.29, 0.717) is 10.3 Å². The molecule has 0 N–H and O–H groups in total. The molecule has 1 heterocycles. The molecule has 0 saturated carbocycles. The van der Waals surface area contributed by atoms with Crippen LogP contribution in [0.15, 0.2) is 35.3 Å². The molecule has 1 fully saturated rings. The van der Waals surface area contributed by atoms with Crippen molar-refractivity contribution in [2.24, 2.45) is 4.99 Å². The molecule has 1 aliphatic heterocycles. The van der Waals surface area contributed by atoms with Crippen molar-refractivity contribution in [2.75, 3.05) is 0 Å². The third kappa shape index (κ3) is 4.54. The molecule has 1 atom stereocenters. The Morgan fingerprint density at radius 3 is 2.32 bits per heavy atom. The summed E-state index contributed by atoms with van der Waals surface area (Å²) in [7, 11) is -3.44. The number of amidine groups is 1. The molecule has 1 aromatic rings. The Labute approximate surface area is 160 Å². The van der Waals surface area contributed by atoms with Crippen LogP contribution in [0.25, 0.3) is 0 Å². The molecule has 1 aromatic carbocycles. The smallest absolute Gasteiger partial charge is 0.249 e. The number of aliphatic imine (C=N–C) groups is 1. The second kappa shape index (κ2) is 8.05. The molecular formula is C17H25N3O2S3. The van der Waals surface area contributed by atoms with Crippen molar-refractivity contribution in [1.82, 2.24) is 9.21 Å². The highest BCUT2D eigenvalue weighted by Gasteiger charge is 2.41. The minimum atomic E-state index is -3.44. The molecule has 0 bridgehead atoms. The van der Waals surface area contributed by atoms with Crippen LogP contribution in [0.4, 0.5) is 0 Å². The number of thioether (sulfide) groups is 1. The molecule has 1 unspecified atom stereocenters. The van der Waals surface area contributed by atoms with Gasteiger partial charge in [-0.2, -0.15) is 4.99 Å². The lowest BCUT2D eigenvalue weighted by Gasteiger charge is -2.31. The van der Waals surface area contributed by atoms with Crippen LogP contribution in [0.1, 0.15) is 40.2 Å². The number of thiocarbonyl (C=S) groups is 1. The van der Waals surface area contributed by atoms with Crippen LogP contribution in [-0.4, -0.2) is 44.6 Å². The Morgan fingerprint density at radius 1 is 1.24 bits per heavy atom. The van der Waals surface area contributed by atoms with Gasteiger partial charge in [-0.3, -0.25) is 0 Å². The molecule has 0 radical (unpaired) electrons. The molecule has 138 valence electrons. The van der Waals surface area contributed by atoms with E-state index in [2.05, 4.69) is 32.7 Å². The fraction of sp³-hybridized carbons (Fsp3) is 0.529. The Kier molecular flexibility index (Phi) is 6.51. The second-order valence-corrected chi connectivity index (χ2v) is 10.6. The minimum Gasteiger partial charge on any atom is -0.343 e. The fourth-order valence-electron chi connectivity index (χ4n) is 2.72. The Hall–Kier alpha value is -1.12. The third-order valence-corrected chi connectivity index (χ3v) is 7.95. The number of nitrogens with zero attached hydrogens (tertiary/aromatic N) is 3. The second-order valence-electron chi connectivity index (χ2n) is 6.49. The van der Waals surface area contributed by atoms with Gasteiger partial charge in [-0.25, -0.2) is 12.7 Å². The van der Waals surface area contributed by atoms with Crippen LogP contribution in [0.5, 0.6) is 0 Å². The number of rotatable bonds is 4. The largest absolute Gasteiger partial charge is 0.343 e. The monoisotopic (exact) mass is 399 g/mol. The van der Waals surface area contributed by atoms with E-state index in [4.69, 9.17) is 12.2 Å². The van der Waals surface area contributed by atoms with Gasteiger partial charge < -0.3 is 4.90 Å². The van der Waals surface area contributed by atoms with E-state index < -0.39 is 14.6 Å². The van der Waals surface area contributed by atoms with Crippen molar-refractivity contribution in [2.45, 2.75) is 57.8 Å². The maximum Gasteiger partial charge on any atom is 0.249 e. The maximum atomic E-state index is 12.7. The molecule has 0 amide bonds. The summed E-state index contributed by atoms with van der Waals surface area (Å²) < 4.78 is 26.2. The highest BCUT2D eigenvalue weighted by molar-refractivity contribution is 8.26. The van der Waals surface area contributed by atoms with E-state index in [0.717, 1.165) is 5.56 Å². The zero-order chi connectivity index (χ0) is 18.8. The Balaban J connectivity index is 2.35. The van der Waals surface area contributed by atoms with Gasteiger partial charge in [0.1, 0.15) is 4.58 Å². The molecule has 5 nitrogen and oxygen atoms in total. The molecule has 0 aliphatic carbocycles. The summed E-state index contributed by atoms with van der Waals surface area (Å²) in [5.74, 6) is 0. The number of hydrogen-bond donors (Lipinski definition) is 0. The first-order valence-electron chi connectivity index (χ1n) is 8.27. The molecule has 25 heavy (non-hydrogen) atoms. The normalized spacial score (nSPS) is 21.3. The predicted molar refractivity (Wildman–Crippen MR) is 110 cm³/mol. The summed E-state index contributed by atoms with van der Waals surface area (Å²) >= 11 is 6.74. The Bertz CT molecular complexity index is 738. The molecule has 2 rings (SSSR count). The van der Waals surface area contributed by atoms with Gasteiger partial charge in [0, 0.05) is 12.1 Å². The topological polar surface area (TPSA) is 53.0 Å². The van der Waals surface area contributed by atoms with Crippen LogP contribution in [-0.2, 0) is 16.6 Å². The quantitative estimate of drug-likeness (QED) is 0.723. The van der Waals surface area contributed by atoms with Gasteiger partial charge in [-0.15, -0.1) is 0 Å². The van der Waals surface area contributed by atoms with E-state index in [9.17, 15) is 8.42 Å². The summed E-state index contributed by atoms with van der Waals surface area (Å²) in [5, 5.41) is 0.877.